The Balaban J connectivity index is 1.90. The summed E-state index contributed by atoms with van der Waals surface area (Å²) in [5.41, 5.74) is 1.22. The number of piperidine rings is 1. The van der Waals surface area contributed by atoms with Crippen LogP contribution in [0.15, 0.2) is 12.1 Å². The highest BCUT2D eigenvalue weighted by atomic mass is 32.1. The fraction of sp³-hybridized carbons (Fsp3) is 0.500. The number of thiazole rings is 1. The first-order valence-electron chi connectivity index (χ1n) is 7.34. The van der Waals surface area contributed by atoms with Crippen molar-refractivity contribution in [2.24, 2.45) is 5.41 Å². The number of nitriles is 1. The summed E-state index contributed by atoms with van der Waals surface area (Å²) in [5.74, 6) is -0.282. The van der Waals surface area contributed by atoms with Crippen LogP contribution in [0.1, 0.15) is 25.3 Å². The van der Waals surface area contributed by atoms with Gasteiger partial charge in [0.15, 0.2) is 5.01 Å². The van der Waals surface area contributed by atoms with Gasteiger partial charge in [-0.15, -0.1) is 11.3 Å². The molecule has 0 radical (unpaired) electrons. The lowest BCUT2D eigenvalue weighted by atomic mass is 9.79. The fourth-order valence-electron chi connectivity index (χ4n) is 3.19. The second-order valence-electron chi connectivity index (χ2n) is 6.64. The monoisotopic (exact) mass is 318 g/mol. The van der Waals surface area contributed by atoms with E-state index in [0.29, 0.717) is 20.9 Å². The van der Waals surface area contributed by atoms with E-state index in [1.54, 1.807) is 6.07 Å². The number of anilines is 1. The van der Waals surface area contributed by atoms with Gasteiger partial charge in [0, 0.05) is 12.6 Å². The number of nitrogens with zero attached hydrogens (tertiary/aromatic N) is 3. The maximum Gasteiger partial charge on any atom is 0.195 e. The van der Waals surface area contributed by atoms with Crippen molar-refractivity contribution < 1.29 is 4.39 Å². The smallest absolute Gasteiger partial charge is 0.195 e. The molecule has 3 rings (SSSR count). The van der Waals surface area contributed by atoms with Gasteiger partial charge in [-0.3, -0.25) is 0 Å². The molecule has 1 N–H and O–H groups in total. The van der Waals surface area contributed by atoms with E-state index < -0.39 is 0 Å². The summed E-state index contributed by atoms with van der Waals surface area (Å²) < 4.78 is 15.0. The number of nitrogens with one attached hydrogen (secondary N) is 1. The molecule has 0 aliphatic carbocycles. The van der Waals surface area contributed by atoms with Crippen molar-refractivity contribution >= 4 is 27.2 Å². The Morgan fingerprint density at radius 3 is 2.95 bits per heavy atom. The molecule has 2 aromatic rings. The van der Waals surface area contributed by atoms with E-state index in [-0.39, 0.29) is 17.3 Å². The number of likely N-dealkylation sites (tertiary alicyclic amines) is 1. The van der Waals surface area contributed by atoms with E-state index in [9.17, 15) is 4.39 Å². The van der Waals surface area contributed by atoms with Gasteiger partial charge in [-0.1, -0.05) is 13.8 Å². The third-order valence-electron chi connectivity index (χ3n) is 4.32. The molecule has 1 aromatic carbocycles. The van der Waals surface area contributed by atoms with Gasteiger partial charge in [-0.2, -0.15) is 5.26 Å². The predicted molar refractivity (Wildman–Crippen MR) is 87.6 cm³/mol. The quantitative estimate of drug-likeness (QED) is 0.921. The molecule has 1 fully saturated rings. The van der Waals surface area contributed by atoms with Crippen LogP contribution in [0.4, 0.5) is 10.1 Å². The summed E-state index contributed by atoms with van der Waals surface area (Å²) >= 11 is 1.22. The highest BCUT2D eigenvalue weighted by molar-refractivity contribution is 7.19. The molecule has 22 heavy (non-hydrogen) atoms. The molecule has 2 heterocycles. The normalized spacial score (nSPS) is 21.7. The highest BCUT2D eigenvalue weighted by Gasteiger charge is 2.34. The zero-order valence-electron chi connectivity index (χ0n) is 13.0. The van der Waals surface area contributed by atoms with E-state index in [1.165, 1.54) is 17.4 Å². The molecule has 0 spiro atoms. The molecule has 1 saturated heterocycles. The molecule has 0 saturated carbocycles. The Labute approximate surface area is 133 Å². The van der Waals surface area contributed by atoms with Crippen LogP contribution in [-0.2, 0) is 0 Å². The molecule has 1 aliphatic rings. The van der Waals surface area contributed by atoms with Gasteiger partial charge in [0.2, 0.25) is 0 Å². The lowest BCUT2D eigenvalue weighted by molar-refractivity contribution is 0.126. The predicted octanol–water partition coefficient (Wildman–Crippen LogP) is 3.45. The van der Waals surface area contributed by atoms with E-state index in [0.717, 1.165) is 19.5 Å². The van der Waals surface area contributed by atoms with Gasteiger partial charge in [0.05, 0.1) is 15.9 Å². The van der Waals surface area contributed by atoms with Crippen molar-refractivity contribution in [3.63, 3.8) is 0 Å². The number of hydrogen-bond acceptors (Lipinski definition) is 5. The van der Waals surface area contributed by atoms with Crippen molar-refractivity contribution in [2.75, 3.05) is 25.5 Å². The number of aromatic nitrogens is 1. The van der Waals surface area contributed by atoms with Gasteiger partial charge in [0.25, 0.3) is 0 Å². The summed E-state index contributed by atoms with van der Waals surface area (Å²) in [5, 5.41) is 12.6. The molecule has 1 unspecified atom stereocenters. The van der Waals surface area contributed by atoms with Crippen molar-refractivity contribution in [1.29, 1.82) is 5.26 Å². The molecule has 1 aliphatic heterocycles. The van der Waals surface area contributed by atoms with Crippen molar-refractivity contribution in [2.45, 2.75) is 26.3 Å². The number of halogens is 1. The molecular weight excluding hydrogens is 299 g/mol. The van der Waals surface area contributed by atoms with E-state index >= 15 is 0 Å². The van der Waals surface area contributed by atoms with Gasteiger partial charge in [-0.05, 0) is 37.6 Å². The van der Waals surface area contributed by atoms with Crippen LogP contribution >= 0.6 is 11.3 Å². The van der Waals surface area contributed by atoms with Crippen LogP contribution < -0.4 is 5.32 Å². The fourth-order valence-corrected chi connectivity index (χ4v) is 3.96. The summed E-state index contributed by atoms with van der Waals surface area (Å²) in [6.45, 7) is 6.38. The van der Waals surface area contributed by atoms with Crippen LogP contribution in [0.2, 0.25) is 0 Å². The summed E-state index contributed by atoms with van der Waals surface area (Å²) in [6, 6.07) is 5.42. The maximum absolute atomic E-state index is 14.3. The van der Waals surface area contributed by atoms with Gasteiger partial charge < -0.3 is 10.2 Å². The Hall–Kier alpha value is -1.71. The second-order valence-corrected chi connectivity index (χ2v) is 7.67. The van der Waals surface area contributed by atoms with Gasteiger partial charge in [0.1, 0.15) is 11.9 Å². The molecule has 0 bridgehead atoms. The van der Waals surface area contributed by atoms with Crippen molar-refractivity contribution in [3.8, 4) is 6.07 Å². The topological polar surface area (TPSA) is 52.0 Å². The van der Waals surface area contributed by atoms with Crippen LogP contribution in [0, 0.1) is 22.6 Å². The third kappa shape index (κ3) is 2.79. The minimum absolute atomic E-state index is 0.0638. The molecule has 1 atom stereocenters. The molecular formula is C16H19FN4S. The van der Waals surface area contributed by atoms with E-state index in [2.05, 4.69) is 36.1 Å². The summed E-state index contributed by atoms with van der Waals surface area (Å²) in [7, 11) is 2.11. The van der Waals surface area contributed by atoms with Crippen molar-refractivity contribution in [3.05, 3.63) is 23.0 Å². The SMILES string of the molecule is CN1CCC(Nc2cc3nc(C#N)sc3cc2F)C(C)(C)C1. The van der Waals surface area contributed by atoms with Crippen LogP contribution in [0.25, 0.3) is 10.2 Å². The average Bonchev–Trinajstić information content (AvgIpc) is 2.83. The molecule has 4 nitrogen and oxygen atoms in total. The molecule has 0 amide bonds. The number of fused-ring (bicyclic) bond motifs is 1. The zero-order valence-corrected chi connectivity index (χ0v) is 13.8. The largest absolute Gasteiger partial charge is 0.379 e. The first kappa shape index (κ1) is 15.2. The van der Waals surface area contributed by atoms with E-state index in [4.69, 9.17) is 5.26 Å². The highest BCUT2D eigenvalue weighted by Crippen LogP contribution is 2.33. The lowest BCUT2D eigenvalue weighted by Gasteiger charge is -2.43. The second kappa shape index (κ2) is 5.49. The first-order chi connectivity index (χ1) is 10.4. The molecule has 1 aromatic heterocycles. The Morgan fingerprint density at radius 1 is 1.50 bits per heavy atom. The third-order valence-corrected chi connectivity index (χ3v) is 5.25. The number of benzene rings is 1. The van der Waals surface area contributed by atoms with Crippen LogP contribution in [-0.4, -0.2) is 36.1 Å². The molecule has 116 valence electrons. The zero-order chi connectivity index (χ0) is 15.9. The Bertz CT molecular complexity index is 746. The van der Waals surface area contributed by atoms with Crippen LogP contribution in [0.5, 0.6) is 0 Å². The summed E-state index contributed by atoms with van der Waals surface area (Å²) in [4.78, 5) is 6.52. The van der Waals surface area contributed by atoms with E-state index in [1.807, 2.05) is 6.07 Å². The minimum atomic E-state index is -0.282. The van der Waals surface area contributed by atoms with Gasteiger partial charge in [-0.25, -0.2) is 9.37 Å². The lowest BCUT2D eigenvalue weighted by Crippen LogP contribution is -2.50. The number of hydrogen-bond donors (Lipinski definition) is 1. The van der Waals surface area contributed by atoms with Crippen LogP contribution in [0.3, 0.4) is 0 Å². The van der Waals surface area contributed by atoms with Crippen molar-refractivity contribution in [1.82, 2.24) is 9.88 Å². The molecule has 6 heteroatoms. The number of rotatable bonds is 2. The standard InChI is InChI=1S/C16H19FN4S/c1-16(2)9-21(3)5-4-14(16)19-11-7-12-13(6-10(11)17)22-15(8-18)20-12/h6-7,14,19H,4-5,9H2,1-3H3. The Kier molecular flexibility index (Phi) is 3.79. The average molecular weight is 318 g/mol. The minimum Gasteiger partial charge on any atom is -0.379 e. The Morgan fingerprint density at radius 2 is 2.27 bits per heavy atom. The summed E-state index contributed by atoms with van der Waals surface area (Å²) in [6.07, 6.45) is 0.974. The maximum atomic E-state index is 14.3. The van der Waals surface area contributed by atoms with Gasteiger partial charge >= 0.3 is 0 Å². The first-order valence-corrected chi connectivity index (χ1v) is 8.16.